The normalized spacial score (nSPS) is 10.2. The van der Waals surface area contributed by atoms with Gasteiger partial charge in [0.25, 0.3) is 5.91 Å². The standard InChI is InChI=1S/C12H7BrF2N2O/c13-11-9(5-2-6-16-11)17-12(18)7-3-1-4-8(14)10(7)15/h1-6H,(H,17,18). The molecule has 0 radical (unpaired) electrons. The second-order valence-corrected chi connectivity index (χ2v) is 4.15. The smallest absolute Gasteiger partial charge is 0.258 e. The third-order valence-corrected chi connectivity index (χ3v) is 2.84. The van der Waals surface area contributed by atoms with Crippen LogP contribution in [0.15, 0.2) is 41.1 Å². The Morgan fingerprint density at radius 1 is 1.22 bits per heavy atom. The zero-order valence-electron chi connectivity index (χ0n) is 8.95. The number of hydrogen-bond donors (Lipinski definition) is 1. The van der Waals surface area contributed by atoms with Crippen LogP contribution in [0.5, 0.6) is 0 Å². The Morgan fingerprint density at radius 2 is 2.00 bits per heavy atom. The molecule has 0 saturated heterocycles. The van der Waals surface area contributed by atoms with Crippen LogP contribution in [0, 0.1) is 11.6 Å². The second-order valence-electron chi connectivity index (χ2n) is 3.40. The first-order chi connectivity index (χ1) is 8.59. The van der Waals surface area contributed by atoms with Crippen LogP contribution in [0.4, 0.5) is 14.5 Å². The topological polar surface area (TPSA) is 42.0 Å². The molecule has 0 spiro atoms. The molecule has 1 N–H and O–H groups in total. The molecular weight excluding hydrogens is 306 g/mol. The van der Waals surface area contributed by atoms with Gasteiger partial charge in [-0.25, -0.2) is 13.8 Å². The van der Waals surface area contributed by atoms with Crippen LogP contribution in [0.1, 0.15) is 10.4 Å². The average Bonchev–Trinajstić information content (AvgIpc) is 2.35. The van der Waals surface area contributed by atoms with Crippen molar-refractivity contribution in [3.05, 3.63) is 58.3 Å². The fourth-order valence-electron chi connectivity index (χ4n) is 1.35. The van der Waals surface area contributed by atoms with E-state index < -0.39 is 17.5 Å². The van der Waals surface area contributed by atoms with Crippen LogP contribution in [0.2, 0.25) is 0 Å². The number of pyridine rings is 1. The lowest BCUT2D eigenvalue weighted by Crippen LogP contribution is -2.15. The summed E-state index contributed by atoms with van der Waals surface area (Å²) in [5.74, 6) is -2.97. The Bertz CT molecular complexity index is 604. The molecule has 0 aliphatic heterocycles. The number of nitrogens with one attached hydrogen (secondary N) is 1. The van der Waals surface area contributed by atoms with E-state index in [1.54, 1.807) is 12.1 Å². The quantitative estimate of drug-likeness (QED) is 0.864. The van der Waals surface area contributed by atoms with E-state index in [1.165, 1.54) is 18.3 Å². The van der Waals surface area contributed by atoms with Gasteiger partial charge in [-0.2, -0.15) is 0 Å². The van der Waals surface area contributed by atoms with Crippen LogP contribution in [-0.2, 0) is 0 Å². The zero-order chi connectivity index (χ0) is 13.1. The molecule has 0 fully saturated rings. The van der Waals surface area contributed by atoms with Gasteiger partial charge in [0.2, 0.25) is 0 Å². The van der Waals surface area contributed by atoms with E-state index >= 15 is 0 Å². The molecule has 1 aromatic carbocycles. The fourth-order valence-corrected chi connectivity index (χ4v) is 1.70. The first-order valence-electron chi connectivity index (χ1n) is 4.95. The van der Waals surface area contributed by atoms with E-state index in [1.807, 2.05) is 0 Å². The summed E-state index contributed by atoms with van der Waals surface area (Å²) in [4.78, 5) is 15.7. The molecule has 0 saturated carbocycles. The van der Waals surface area contributed by atoms with Gasteiger partial charge in [0.05, 0.1) is 11.3 Å². The number of aromatic nitrogens is 1. The van der Waals surface area contributed by atoms with Crippen molar-refractivity contribution in [3.8, 4) is 0 Å². The maximum absolute atomic E-state index is 13.4. The van der Waals surface area contributed by atoms with Gasteiger partial charge in [0.15, 0.2) is 11.6 Å². The Morgan fingerprint density at radius 3 is 2.72 bits per heavy atom. The monoisotopic (exact) mass is 312 g/mol. The molecule has 0 aliphatic rings. The summed E-state index contributed by atoms with van der Waals surface area (Å²) < 4.78 is 26.8. The van der Waals surface area contributed by atoms with Gasteiger partial charge in [-0.05, 0) is 40.2 Å². The van der Waals surface area contributed by atoms with Gasteiger partial charge >= 0.3 is 0 Å². The fraction of sp³-hybridized carbons (Fsp3) is 0. The first kappa shape index (κ1) is 12.6. The lowest BCUT2D eigenvalue weighted by Gasteiger charge is -2.07. The SMILES string of the molecule is O=C(Nc1cccnc1Br)c1cccc(F)c1F. The van der Waals surface area contributed by atoms with Crippen molar-refractivity contribution in [2.24, 2.45) is 0 Å². The van der Waals surface area contributed by atoms with Crippen LogP contribution in [-0.4, -0.2) is 10.9 Å². The molecule has 18 heavy (non-hydrogen) atoms. The first-order valence-corrected chi connectivity index (χ1v) is 5.75. The second kappa shape index (κ2) is 5.22. The van der Waals surface area contributed by atoms with Crippen molar-refractivity contribution in [3.63, 3.8) is 0 Å². The van der Waals surface area contributed by atoms with Crippen molar-refractivity contribution in [1.82, 2.24) is 4.98 Å². The van der Waals surface area contributed by atoms with Gasteiger partial charge in [-0.3, -0.25) is 4.79 Å². The van der Waals surface area contributed by atoms with Crippen molar-refractivity contribution in [2.45, 2.75) is 0 Å². The van der Waals surface area contributed by atoms with E-state index in [9.17, 15) is 13.6 Å². The number of carbonyl (C=O) groups is 1. The van der Waals surface area contributed by atoms with E-state index in [4.69, 9.17) is 0 Å². The van der Waals surface area contributed by atoms with E-state index in [-0.39, 0.29) is 5.56 Å². The van der Waals surface area contributed by atoms with Crippen LogP contribution < -0.4 is 5.32 Å². The number of amides is 1. The molecule has 2 rings (SSSR count). The lowest BCUT2D eigenvalue weighted by molar-refractivity contribution is 0.102. The molecule has 1 aromatic heterocycles. The van der Waals surface area contributed by atoms with Crippen LogP contribution in [0.3, 0.4) is 0 Å². The van der Waals surface area contributed by atoms with Crippen LogP contribution in [0.25, 0.3) is 0 Å². The van der Waals surface area contributed by atoms with E-state index in [2.05, 4.69) is 26.2 Å². The zero-order valence-corrected chi connectivity index (χ0v) is 10.5. The van der Waals surface area contributed by atoms with Crippen LogP contribution >= 0.6 is 15.9 Å². The van der Waals surface area contributed by atoms with E-state index in [0.717, 1.165) is 6.07 Å². The highest BCUT2D eigenvalue weighted by Gasteiger charge is 2.15. The van der Waals surface area contributed by atoms with Crippen molar-refractivity contribution in [2.75, 3.05) is 5.32 Å². The summed E-state index contributed by atoms with van der Waals surface area (Å²) in [5, 5.41) is 2.44. The summed E-state index contributed by atoms with van der Waals surface area (Å²) in [5.41, 5.74) is 0.0249. The Hall–Kier alpha value is -1.82. The Labute approximate surface area is 110 Å². The summed E-state index contributed by atoms with van der Waals surface area (Å²) in [6.07, 6.45) is 1.53. The molecule has 0 atom stereocenters. The molecule has 6 heteroatoms. The minimum absolute atomic E-state index is 0.356. The molecule has 0 unspecified atom stereocenters. The van der Waals surface area contributed by atoms with Gasteiger partial charge < -0.3 is 5.32 Å². The highest BCUT2D eigenvalue weighted by Crippen LogP contribution is 2.20. The Kier molecular flexibility index (Phi) is 3.66. The predicted molar refractivity (Wildman–Crippen MR) is 66.2 cm³/mol. The number of hydrogen-bond acceptors (Lipinski definition) is 2. The summed E-state index contributed by atoms with van der Waals surface area (Å²) in [7, 11) is 0. The maximum Gasteiger partial charge on any atom is 0.258 e. The third-order valence-electron chi connectivity index (χ3n) is 2.20. The number of anilines is 1. The molecule has 1 amide bonds. The summed E-state index contributed by atoms with van der Waals surface area (Å²) in [6.45, 7) is 0. The lowest BCUT2D eigenvalue weighted by atomic mass is 10.2. The number of benzene rings is 1. The molecule has 0 bridgehead atoms. The van der Waals surface area contributed by atoms with Crippen molar-refractivity contribution < 1.29 is 13.6 Å². The van der Waals surface area contributed by atoms with Crippen molar-refractivity contribution >= 4 is 27.5 Å². The van der Waals surface area contributed by atoms with Crippen molar-refractivity contribution in [1.29, 1.82) is 0 Å². The largest absolute Gasteiger partial charge is 0.320 e. The van der Waals surface area contributed by atoms with Gasteiger partial charge in [0, 0.05) is 6.20 Å². The molecule has 2 aromatic rings. The summed E-state index contributed by atoms with van der Waals surface area (Å²) >= 11 is 3.14. The predicted octanol–water partition coefficient (Wildman–Crippen LogP) is 3.37. The Balaban J connectivity index is 2.28. The third kappa shape index (κ3) is 2.53. The van der Waals surface area contributed by atoms with Gasteiger partial charge in [-0.15, -0.1) is 0 Å². The number of carbonyl (C=O) groups excluding carboxylic acids is 1. The maximum atomic E-state index is 13.4. The van der Waals surface area contributed by atoms with E-state index in [0.29, 0.717) is 10.3 Å². The number of nitrogens with zero attached hydrogens (tertiary/aromatic N) is 1. The van der Waals surface area contributed by atoms with Gasteiger partial charge in [-0.1, -0.05) is 6.07 Å². The molecular formula is C12H7BrF2N2O. The molecule has 92 valence electrons. The highest BCUT2D eigenvalue weighted by atomic mass is 79.9. The number of halogens is 3. The molecule has 3 nitrogen and oxygen atoms in total. The minimum Gasteiger partial charge on any atom is -0.320 e. The number of rotatable bonds is 2. The average molecular weight is 313 g/mol. The van der Waals surface area contributed by atoms with Gasteiger partial charge in [0.1, 0.15) is 4.60 Å². The molecule has 1 heterocycles. The minimum atomic E-state index is -1.17. The summed E-state index contributed by atoms with van der Waals surface area (Å²) in [6, 6.07) is 6.63. The highest BCUT2D eigenvalue weighted by molar-refractivity contribution is 9.10. The molecule has 0 aliphatic carbocycles.